The molecule has 0 saturated carbocycles. The Hall–Kier alpha value is -2.89. The highest BCUT2D eigenvalue weighted by atomic mass is 35.5. The average molecular weight is 603 g/mol. The van der Waals surface area contributed by atoms with Crippen molar-refractivity contribution in [2.24, 2.45) is 5.92 Å². The molecule has 6 rings (SSSR count). The van der Waals surface area contributed by atoms with Crippen LogP contribution < -0.4 is 15.1 Å². The number of thiazole rings is 1. The number of hydrogen-bond donors (Lipinski definition) is 1. The van der Waals surface area contributed by atoms with Crippen LogP contribution in [0.15, 0.2) is 75.9 Å². The lowest BCUT2D eigenvalue weighted by Gasteiger charge is -2.29. The molecule has 192 valence electrons. The van der Waals surface area contributed by atoms with Gasteiger partial charge in [-0.25, -0.2) is 4.90 Å². The lowest BCUT2D eigenvalue weighted by atomic mass is 9.87. The van der Waals surface area contributed by atoms with Gasteiger partial charge in [-0.1, -0.05) is 52.4 Å². The number of nitrogens with zero attached hydrogens (tertiary/aromatic N) is 2. The molecule has 1 N–H and O–H groups in total. The summed E-state index contributed by atoms with van der Waals surface area (Å²) < 4.78 is 1.40. The molecule has 2 aromatic heterocycles. The maximum Gasteiger partial charge on any atom is 0.308 e. The van der Waals surface area contributed by atoms with Crippen molar-refractivity contribution in [3.8, 4) is 0 Å². The first-order valence-electron chi connectivity index (χ1n) is 11.4. The van der Waals surface area contributed by atoms with E-state index in [1.807, 2.05) is 17.5 Å². The number of nitrogens with one attached hydrogen (secondary N) is 1. The van der Waals surface area contributed by atoms with Crippen molar-refractivity contribution in [2.75, 3.05) is 10.2 Å². The van der Waals surface area contributed by atoms with Crippen LogP contribution in [0.25, 0.3) is 0 Å². The monoisotopic (exact) mass is 601 g/mol. The van der Waals surface area contributed by atoms with E-state index < -0.39 is 17.1 Å². The Kier molecular flexibility index (Phi) is 6.69. The quantitative estimate of drug-likeness (QED) is 0.296. The zero-order valence-electron chi connectivity index (χ0n) is 19.3. The molecule has 3 atom stereocenters. The summed E-state index contributed by atoms with van der Waals surface area (Å²) in [7, 11) is 0. The number of hydrogen-bond acceptors (Lipinski definition) is 7. The molecule has 0 unspecified atom stereocenters. The van der Waals surface area contributed by atoms with Crippen LogP contribution in [0.2, 0.25) is 10.0 Å². The van der Waals surface area contributed by atoms with Gasteiger partial charge in [0, 0.05) is 31.4 Å². The van der Waals surface area contributed by atoms with Gasteiger partial charge in [-0.2, -0.15) is 0 Å². The van der Waals surface area contributed by atoms with E-state index in [0.29, 0.717) is 31.3 Å². The predicted molar refractivity (Wildman–Crippen MR) is 152 cm³/mol. The number of thiophene rings is 1. The fourth-order valence-corrected chi connectivity index (χ4v) is 8.73. The van der Waals surface area contributed by atoms with Gasteiger partial charge in [0.05, 0.1) is 16.6 Å². The normalized spacial score (nSPS) is 20.4. The van der Waals surface area contributed by atoms with Crippen molar-refractivity contribution in [1.82, 2.24) is 4.57 Å². The van der Waals surface area contributed by atoms with Crippen LogP contribution in [0.3, 0.4) is 0 Å². The summed E-state index contributed by atoms with van der Waals surface area (Å²) in [6.45, 7) is -0.224. The van der Waals surface area contributed by atoms with Crippen LogP contribution in [-0.4, -0.2) is 27.5 Å². The number of halogens is 2. The number of fused-ring (bicyclic) bond motifs is 2. The molecule has 7 nitrogen and oxygen atoms in total. The summed E-state index contributed by atoms with van der Waals surface area (Å²) in [5, 5.41) is 5.53. The molecule has 0 spiro atoms. The molecule has 1 fully saturated rings. The van der Waals surface area contributed by atoms with Crippen LogP contribution in [0.4, 0.5) is 11.4 Å². The largest absolute Gasteiger partial charge is 0.325 e. The van der Waals surface area contributed by atoms with Crippen LogP contribution in [0.1, 0.15) is 15.7 Å². The van der Waals surface area contributed by atoms with E-state index in [2.05, 4.69) is 5.32 Å². The number of amides is 3. The zero-order valence-corrected chi connectivity index (χ0v) is 23.3. The van der Waals surface area contributed by atoms with E-state index in [1.165, 1.54) is 32.6 Å². The van der Waals surface area contributed by atoms with Gasteiger partial charge in [0.1, 0.15) is 11.8 Å². The van der Waals surface area contributed by atoms with Gasteiger partial charge in [-0.15, -0.1) is 11.3 Å². The fraction of sp³-hybridized carbons (Fsp3) is 0.154. The molecule has 2 aliphatic heterocycles. The molecule has 4 heterocycles. The Balaban J connectivity index is 1.38. The van der Waals surface area contributed by atoms with E-state index in [1.54, 1.807) is 48.5 Å². The maximum absolute atomic E-state index is 13.8. The summed E-state index contributed by atoms with van der Waals surface area (Å²) in [6.07, 6.45) is 0. The Morgan fingerprint density at radius 3 is 2.26 bits per heavy atom. The molecule has 0 radical (unpaired) electrons. The van der Waals surface area contributed by atoms with Crippen LogP contribution in [-0.2, 0) is 20.9 Å². The summed E-state index contributed by atoms with van der Waals surface area (Å²) in [4.78, 5) is 55.9. The van der Waals surface area contributed by atoms with Crippen molar-refractivity contribution in [2.45, 2.75) is 22.7 Å². The minimum Gasteiger partial charge on any atom is -0.325 e. The van der Waals surface area contributed by atoms with Crippen LogP contribution in [0, 0.1) is 5.92 Å². The Morgan fingerprint density at radius 2 is 1.61 bits per heavy atom. The van der Waals surface area contributed by atoms with E-state index in [0.717, 1.165) is 16.2 Å². The van der Waals surface area contributed by atoms with Crippen LogP contribution in [0.5, 0.6) is 0 Å². The molecule has 1 saturated heterocycles. The third kappa shape index (κ3) is 4.40. The fourth-order valence-electron chi connectivity index (χ4n) is 4.75. The van der Waals surface area contributed by atoms with Crippen molar-refractivity contribution in [3.05, 3.63) is 95.5 Å². The highest BCUT2D eigenvalue weighted by Crippen LogP contribution is 2.54. The molecule has 0 aliphatic carbocycles. The number of imide groups is 1. The number of benzene rings is 2. The van der Waals surface area contributed by atoms with E-state index >= 15 is 0 Å². The van der Waals surface area contributed by atoms with Gasteiger partial charge in [0.15, 0.2) is 0 Å². The molecule has 12 heteroatoms. The van der Waals surface area contributed by atoms with E-state index in [-0.39, 0.29) is 29.1 Å². The zero-order chi connectivity index (χ0) is 26.6. The van der Waals surface area contributed by atoms with Crippen molar-refractivity contribution in [3.63, 3.8) is 0 Å². The second kappa shape index (κ2) is 10.0. The second-order valence-electron chi connectivity index (χ2n) is 8.72. The number of carbonyl (C=O) groups excluding carboxylic acids is 3. The third-order valence-electron chi connectivity index (χ3n) is 6.41. The van der Waals surface area contributed by atoms with E-state index in [9.17, 15) is 19.2 Å². The summed E-state index contributed by atoms with van der Waals surface area (Å²) in [5.74, 6) is -2.20. The van der Waals surface area contributed by atoms with Gasteiger partial charge in [-0.05, 0) is 60.0 Å². The Labute approximate surface area is 239 Å². The van der Waals surface area contributed by atoms with Crippen molar-refractivity contribution < 1.29 is 14.4 Å². The lowest BCUT2D eigenvalue weighted by Crippen LogP contribution is -2.32. The summed E-state index contributed by atoms with van der Waals surface area (Å²) in [5.41, 5.74) is 1.00. The van der Waals surface area contributed by atoms with Crippen LogP contribution >= 0.6 is 57.6 Å². The smallest absolute Gasteiger partial charge is 0.308 e. The SMILES string of the molecule is O=C(Cn1c2c(sc1=O)[C@@H](c1cccs1)[C@H]1C(=O)N(c3ccc(Cl)cc3)C(=O)[C@H]1S2)Nc1ccc(Cl)cc1. The first-order valence-corrected chi connectivity index (χ1v) is 14.8. The predicted octanol–water partition coefficient (Wildman–Crippen LogP) is 5.71. The summed E-state index contributed by atoms with van der Waals surface area (Å²) in [6, 6.07) is 17.0. The van der Waals surface area contributed by atoms with Gasteiger partial charge < -0.3 is 5.32 Å². The molecular formula is C26H17Cl2N3O4S3. The lowest BCUT2D eigenvalue weighted by molar-refractivity contribution is -0.122. The molecule has 38 heavy (non-hydrogen) atoms. The Morgan fingerprint density at radius 1 is 0.921 bits per heavy atom. The van der Waals surface area contributed by atoms with Crippen molar-refractivity contribution in [1.29, 1.82) is 0 Å². The average Bonchev–Trinajstić information content (AvgIpc) is 3.59. The Bertz CT molecular complexity index is 1610. The maximum atomic E-state index is 13.8. The van der Waals surface area contributed by atoms with Gasteiger partial charge in [0.25, 0.3) is 0 Å². The minimum absolute atomic E-state index is 0.224. The minimum atomic E-state index is -0.739. The van der Waals surface area contributed by atoms with Crippen molar-refractivity contribution >= 4 is 86.7 Å². The highest BCUT2D eigenvalue weighted by Gasteiger charge is 2.57. The summed E-state index contributed by atoms with van der Waals surface area (Å²) >= 11 is 15.6. The topological polar surface area (TPSA) is 88.5 Å². The first kappa shape index (κ1) is 25.4. The number of rotatable bonds is 5. The molecule has 3 amide bonds. The van der Waals surface area contributed by atoms with Gasteiger partial charge in [-0.3, -0.25) is 23.7 Å². The molecule has 4 aromatic rings. The molecular weight excluding hydrogens is 585 g/mol. The van der Waals surface area contributed by atoms with E-state index in [4.69, 9.17) is 23.2 Å². The first-order chi connectivity index (χ1) is 18.3. The van der Waals surface area contributed by atoms with Gasteiger partial charge in [0.2, 0.25) is 17.7 Å². The number of carbonyl (C=O) groups is 3. The second-order valence-corrected chi connectivity index (χ2v) is 12.7. The molecule has 2 aliphatic rings. The third-order valence-corrected chi connectivity index (χ3v) is 10.5. The highest BCUT2D eigenvalue weighted by molar-refractivity contribution is 8.00. The molecule has 2 aromatic carbocycles. The number of thioether (sulfide) groups is 1. The standard InChI is InChI=1S/C26H17Cl2N3O4S3/c27-13-3-7-15(8-4-13)29-18(32)12-30-25-22(38-26(30)35)19(17-2-1-11-36-17)20-21(37-25)24(34)31(23(20)33)16-9-5-14(28)6-10-16/h1-11,19-21H,12H2,(H,29,32)/t19-,20+,21-/m0/s1. The molecule has 0 bridgehead atoms. The number of anilines is 2. The van der Waals surface area contributed by atoms with Gasteiger partial charge >= 0.3 is 4.87 Å². The number of aromatic nitrogens is 1.